The van der Waals surface area contributed by atoms with Crippen LogP contribution in [0.25, 0.3) is 0 Å². The quantitative estimate of drug-likeness (QED) is 0.795. The second kappa shape index (κ2) is 5.88. The maximum Gasteiger partial charge on any atom is 0.325 e. The van der Waals surface area contributed by atoms with Gasteiger partial charge < -0.3 is 4.90 Å². The van der Waals surface area contributed by atoms with Gasteiger partial charge in [0.15, 0.2) is 9.84 Å². The van der Waals surface area contributed by atoms with Gasteiger partial charge in [-0.25, -0.2) is 13.2 Å². The van der Waals surface area contributed by atoms with Crippen molar-refractivity contribution in [2.45, 2.75) is 25.6 Å². The van der Waals surface area contributed by atoms with Crippen molar-refractivity contribution in [3.63, 3.8) is 0 Å². The number of hydrogen-bond acceptors (Lipinski definition) is 3. The van der Waals surface area contributed by atoms with Crippen LogP contribution in [0.15, 0.2) is 54.6 Å². The first-order chi connectivity index (χ1) is 12.0. The molecule has 0 unspecified atom stereocenters. The van der Waals surface area contributed by atoms with Crippen molar-refractivity contribution < 1.29 is 13.2 Å². The number of carbonyl (C=O) groups excluding carboxylic acids is 1. The molecular weight excluding hydrogens is 336 g/mol. The second-order valence-electron chi connectivity index (χ2n) is 6.75. The van der Waals surface area contributed by atoms with Gasteiger partial charge in [0.1, 0.15) is 0 Å². The number of benzene rings is 2. The van der Waals surface area contributed by atoms with Crippen molar-refractivity contribution in [1.29, 1.82) is 0 Å². The van der Waals surface area contributed by atoms with Gasteiger partial charge in [0, 0.05) is 12.2 Å². The smallest absolute Gasteiger partial charge is 0.314 e. The summed E-state index contributed by atoms with van der Waals surface area (Å²) in [6.45, 7) is 2.44. The lowest BCUT2D eigenvalue weighted by Crippen LogP contribution is -2.37. The van der Waals surface area contributed by atoms with Gasteiger partial charge in [0.2, 0.25) is 0 Å². The number of aryl methyl sites for hydroxylation is 1. The fourth-order valence-corrected chi connectivity index (χ4v) is 5.77. The number of amides is 2. The molecular formula is C19H20N2O3S. The number of rotatable bonds is 3. The summed E-state index contributed by atoms with van der Waals surface area (Å²) in [5.74, 6) is 0.0706. The number of sulfone groups is 1. The van der Waals surface area contributed by atoms with Gasteiger partial charge in [-0.3, -0.25) is 4.90 Å². The minimum atomic E-state index is -3.14. The molecule has 0 aromatic heterocycles. The van der Waals surface area contributed by atoms with Crippen molar-refractivity contribution in [2.75, 3.05) is 16.4 Å². The minimum absolute atomic E-state index is 0.0303. The number of para-hydroxylation sites is 1. The van der Waals surface area contributed by atoms with Gasteiger partial charge in [-0.15, -0.1) is 0 Å². The zero-order valence-corrected chi connectivity index (χ0v) is 14.8. The van der Waals surface area contributed by atoms with Crippen LogP contribution in [0.4, 0.5) is 10.5 Å². The van der Waals surface area contributed by atoms with Crippen molar-refractivity contribution in [2.24, 2.45) is 0 Å². The van der Waals surface area contributed by atoms with Crippen LogP contribution in [0, 0.1) is 6.92 Å². The maximum absolute atomic E-state index is 13.1. The predicted molar refractivity (Wildman–Crippen MR) is 97.3 cm³/mol. The molecule has 2 aliphatic rings. The zero-order chi connectivity index (χ0) is 17.6. The third-order valence-electron chi connectivity index (χ3n) is 5.11. The Morgan fingerprint density at radius 2 is 1.60 bits per heavy atom. The van der Waals surface area contributed by atoms with Crippen LogP contribution in [0.5, 0.6) is 0 Å². The molecule has 0 spiro atoms. The Morgan fingerprint density at radius 3 is 2.32 bits per heavy atom. The van der Waals surface area contributed by atoms with Crippen LogP contribution in [0.2, 0.25) is 0 Å². The Bertz CT molecular complexity index is 911. The average Bonchev–Trinajstić information content (AvgIpc) is 3.01. The number of anilines is 1. The highest BCUT2D eigenvalue weighted by Crippen LogP contribution is 2.36. The summed E-state index contributed by atoms with van der Waals surface area (Å²) in [7, 11) is -3.14. The molecule has 2 fully saturated rings. The third-order valence-corrected chi connectivity index (χ3v) is 6.81. The summed E-state index contributed by atoms with van der Waals surface area (Å²) in [5.41, 5.74) is 2.91. The number of urea groups is 1. The molecule has 2 heterocycles. The molecule has 2 aliphatic heterocycles. The molecule has 6 heteroatoms. The molecule has 0 N–H and O–H groups in total. The van der Waals surface area contributed by atoms with E-state index in [1.807, 2.05) is 61.5 Å². The van der Waals surface area contributed by atoms with Crippen LogP contribution in [-0.4, -0.2) is 42.9 Å². The number of hydrogen-bond donors (Lipinski definition) is 0. The van der Waals surface area contributed by atoms with Gasteiger partial charge in [-0.2, -0.15) is 0 Å². The largest absolute Gasteiger partial charge is 0.325 e. The minimum Gasteiger partial charge on any atom is -0.314 e. The van der Waals surface area contributed by atoms with Crippen LogP contribution in [0.1, 0.15) is 11.1 Å². The highest BCUT2D eigenvalue weighted by Gasteiger charge is 2.53. The van der Waals surface area contributed by atoms with E-state index in [4.69, 9.17) is 0 Å². The van der Waals surface area contributed by atoms with Gasteiger partial charge >= 0.3 is 6.03 Å². The van der Waals surface area contributed by atoms with Crippen LogP contribution < -0.4 is 4.90 Å². The molecule has 0 radical (unpaired) electrons. The summed E-state index contributed by atoms with van der Waals surface area (Å²) in [4.78, 5) is 16.5. The molecule has 4 rings (SSSR count). The first-order valence-corrected chi connectivity index (χ1v) is 10.2. The van der Waals surface area contributed by atoms with Gasteiger partial charge in [-0.05, 0) is 30.2 Å². The molecule has 0 bridgehead atoms. The SMILES string of the molecule is Cc1ccccc1CN1C(=O)N(c2ccccc2)[C@@H]2CS(=O)(=O)C[C@@H]21. The summed E-state index contributed by atoms with van der Waals surface area (Å²) in [6, 6.07) is 16.5. The Balaban J connectivity index is 1.72. The van der Waals surface area contributed by atoms with E-state index < -0.39 is 9.84 Å². The Labute approximate surface area is 147 Å². The summed E-state index contributed by atoms with van der Waals surface area (Å²) in [6.07, 6.45) is 0. The predicted octanol–water partition coefficient (Wildman–Crippen LogP) is 2.60. The van der Waals surface area contributed by atoms with E-state index >= 15 is 0 Å². The Morgan fingerprint density at radius 1 is 0.960 bits per heavy atom. The summed E-state index contributed by atoms with van der Waals surface area (Å²) in [5, 5.41) is 0. The fraction of sp³-hybridized carbons (Fsp3) is 0.316. The summed E-state index contributed by atoms with van der Waals surface area (Å²) >= 11 is 0. The Hall–Kier alpha value is -2.34. The molecule has 0 saturated carbocycles. The lowest BCUT2D eigenvalue weighted by Gasteiger charge is -2.23. The third kappa shape index (κ3) is 2.80. The molecule has 2 aromatic carbocycles. The average molecular weight is 356 g/mol. The van der Waals surface area contributed by atoms with Crippen LogP contribution in [0.3, 0.4) is 0 Å². The molecule has 0 aliphatic carbocycles. The van der Waals surface area contributed by atoms with E-state index in [0.717, 1.165) is 16.8 Å². The first kappa shape index (κ1) is 16.1. The molecule has 25 heavy (non-hydrogen) atoms. The standard InChI is InChI=1S/C19H20N2O3S/c1-14-7-5-6-8-15(14)11-20-17-12-25(23,24)13-18(17)21(19(20)22)16-9-3-2-4-10-16/h2-10,17-18H,11-13H2,1H3/t17-,18+/m0/s1. The molecule has 2 saturated heterocycles. The second-order valence-corrected chi connectivity index (χ2v) is 8.91. The van der Waals surface area contributed by atoms with E-state index in [1.54, 1.807) is 9.80 Å². The summed E-state index contributed by atoms with van der Waals surface area (Å²) < 4.78 is 24.5. The number of carbonyl (C=O) groups is 1. The topological polar surface area (TPSA) is 57.7 Å². The van der Waals surface area contributed by atoms with Crippen molar-refractivity contribution in [3.05, 3.63) is 65.7 Å². The van der Waals surface area contributed by atoms with Crippen molar-refractivity contribution in [3.8, 4) is 0 Å². The fourth-order valence-electron chi connectivity index (χ4n) is 3.82. The molecule has 5 nitrogen and oxygen atoms in total. The normalized spacial score (nSPS) is 24.6. The first-order valence-electron chi connectivity index (χ1n) is 8.36. The molecule has 2 amide bonds. The van der Waals surface area contributed by atoms with Gasteiger partial charge in [0.05, 0.1) is 23.6 Å². The highest BCUT2D eigenvalue weighted by atomic mass is 32.2. The van der Waals surface area contributed by atoms with E-state index in [-0.39, 0.29) is 29.6 Å². The molecule has 2 aromatic rings. The molecule has 130 valence electrons. The van der Waals surface area contributed by atoms with Gasteiger partial charge in [-0.1, -0.05) is 42.5 Å². The van der Waals surface area contributed by atoms with E-state index in [1.165, 1.54) is 0 Å². The van der Waals surface area contributed by atoms with Gasteiger partial charge in [0.25, 0.3) is 0 Å². The highest BCUT2D eigenvalue weighted by molar-refractivity contribution is 7.91. The zero-order valence-electron chi connectivity index (χ0n) is 14.0. The van der Waals surface area contributed by atoms with Crippen LogP contribution >= 0.6 is 0 Å². The van der Waals surface area contributed by atoms with E-state index in [0.29, 0.717) is 6.54 Å². The Kier molecular flexibility index (Phi) is 3.80. The number of fused-ring (bicyclic) bond motifs is 1. The van der Waals surface area contributed by atoms with Crippen LogP contribution in [-0.2, 0) is 16.4 Å². The molecule has 2 atom stereocenters. The lowest BCUT2D eigenvalue weighted by molar-refractivity contribution is 0.205. The van der Waals surface area contributed by atoms with E-state index in [9.17, 15) is 13.2 Å². The van der Waals surface area contributed by atoms with Crippen molar-refractivity contribution in [1.82, 2.24) is 4.90 Å². The maximum atomic E-state index is 13.1. The monoisotopic (exact) mass is 356 g/mol. The van der Waals surface area contributed by atoms with E-state index in [2.05, 4.69) is 0 Å². The number of nitrogens with zero attached hydrogens (tertiary/aromatic N) is 2. The lowest BCUT2D eigenvalue weighted by atomic mass is 10.1. The van der Waals surface area contributed by atoms with Crippen molar-refractivity contribution >= 4 is 21.6 Å².